The van der Waals surface area contributed by atoms with Gasteiger partial charge in [0.25, 0.3) is 0 Å². The van der Waals surface area contributed by atoms with E-state index in [1.54, 1.807) is 0 Å². The zero-order valence-electron chi connectivity index (χ0n) is 29.6. The molecule has 2 aliphatic rings. The van der Waals surface area contributed by atoms with Gasteiger partial charge in [-0.3, -0.25) is 0 Å². The van der Waals surface area contributed by atoms with E-state index in [0.717, 1.165) is 33.9 Å². The van der Waals surface area contributed by atoms with Crippen molar-refractivity contribution in [2.24, 2.45) is 0 Å². The summed E-state index contributed by atoms with van der Waals surface area (Å²) in [6.07, 6.45) is 0. The molecule has 11 rings (SSSR count). The third kappa shape index (κ3) is 4.05. The van der Waals surface area contributed by atoms with Crippen molar-refractivity contribution in [1.82, 2.24) is 14.5 Å². The van der Waals surface area contributed by atoms with Crippen LogP contribution in [-0.2, 0) is 10.8 Å². The minimum Gasteiger partial charge on any atom is -0.309 e. The minimum absolute atomic E-state index is 0.237. The Hall–Kier alpha value is -6.58. The molecule has 7 aromatic carbocycles. The summed E-state index contributed by atoms with van der Waals surface area (Å²) in [5.41, 5.74) is 15.8. The van der Waals surface area contributed by atoms with Crippen LogP contribution in [0.15, 0.2) is 176 Å². The Morgan fingerprint density at radius 3 is 1.79 bits per heavy atom. The summed E-state index contributed by atoms with van der Waals surface area (Å²) in [5, 5.41) is 2.56. The number of aromatic nitrogens is 3. The van der Waals surface area contributed by atoms with Crippen LogP contribution in [0.3, 0.4) is 0 Å². The van der Waals surface area contributed by atoms with Gasteiger partial charge in [-0.2, -0.15) is 0 Å². The molecule has 3 heteroatoms. The van der Waals surface area contributed by atoms with Crippen LogP contribution in [0.25, 0.3) is 61.4 Å². The molecule has 53 heavy (non-hydrogen) atoms. The second-order valence-electron chi connectivity index (χ2n) is 14.9. The molecule has 3 nitrogen and oxygen atoms in total. The predicted octanol–water partition coefficient (Wildman–Crippen LogP) is 11.9. The molecule has 0 fully saturated rings. The fraction of sp³-hybridized carbons (Fsp3) is 0.0800. The second-order valence-corrected chi connectivity index (χ2v) is 14.9. The number of rotatable bonds is 3. The van der Waals surface area contributed by atoms with Gasteiger partial charge in [0.1, 0.15) is 0 Å². The monoisotopic (exact) mass is 677 g/mol. The van der Waals surface area contributed by atoms with Gasteiger partial charge in [-0.15, -0.1) is 0 Å². The molecule has 0 saturated heterocycles. The van der Waals surface area contributed by atoms with Crippen LogP contribution in [-0.4, -0.2) is 14.5 Å². The zero-order chi connectivity index (χ0) is 35.3. The van der Waals surface area contributed by atoms with Crippen molar-refractivity contribution in [3.05, 3.63) is 209 Å². The smallest absolute Gasteiger partial charge is 0.160 e. The molecule has 0 radical (unpaired) electrons. The number of fused-ring (bicyclic) bond motifs is 11. The van der Waals surface area contributed by atoms with Crippen LogP contribution >= 0.6 is 0 Å². The predicted molar refractivity (Wildman–Crippen MR) is 217 cm³/mol. The molecular formula is C50H35N3. The first-order chi connectivity index (χ1) is 26.0. The average molecular weight is 678 g/mol. The quantitative estimate of drug-likeness (QED) is 0.186. The fourth-order valence-corrected chi connectivity index (χ4v) is 9.55. The van der Waals surface area contributed by atoms with Gasteiger partial charge in [0, 0.05) is 32.9 Å². The van der Waals surface area contributed by atoms with Crippen molar-refractivity contribution in [3.63, 3.8) is 0 Å². The topological polar surface area (TPSA) is 30.7 Å². The van der Waals surface area contributed by atoms with Crippen molar-refractivity contribution in [1.29, 1.82) is 0 Å². The molecule has 1 spiro atoms. The van der Waals surface area contributed by atoms with Crippen molar-refractivity contribution < 1.29 is 0 Å². The maximum absolute atomic E-state index is 5.30. The molecule has 2 aromatic heterocycles. The first-order valence-corrected chi connectivity index (χ1v) is 18.4. The first-order valence-electron chi connectivity index (χ1n) is 18.4. The van der Waals surface area contributed by atoms with E-state index in [1.807, 2.05) is 12.1 Å². The SMILES string of the molecule is CC1(C)c2ccccc2C2(c3ccccc3-n3c4ccccc4c4cccc2c43)c2cc(-c3cc(-c4ccccc4)nc(-c4ccccc4)n3)ccc21. The molecule has 1 unspecified atom stereocenters. The molecule has 0 saturated carbocycles. The van der Waals surface area contributed by atoms with Gasteiger partial charge in [-0.25, -0.2) is 9.97 Å². The van der Waals surface area contributed by atoms with E-state index in [2.05, 4.69) is 182 Å². The maximum Gasteiger partial charge on any atom is 0.160 e. The van der Waals surface area contributed by atoms with E-state index in [-0.39, 0.29) is 5.41 Å². The van der Waals surface area contributed by atoms with Gasteiger partial charge < -0.3 is 4.57 Å². The summed E-state index contributed by atoms with van der Waals surface area (Å²) in [7, 11) is 0. The maximum atomic E-state index is 5.30. The highest BCUT2D eigenvalue weighted by Crippen LogP contribution is 2.60. The third-order valence-electron chi connectivity index (χ3n) is 11.9. The zero-order valence-corrected chi connectivity index (χ0v) is 29.6. The lowest BCUT2D eigenvalue weighted by atomic mass is 9.53. The molecule has 0 bridgehead atoms. The highest BCUT2D eigenvalue weighted by Gasteiger charge is 2.52. The number of hydrogen-bond donors (Lipinski definition) is 0. The van der Waals surface area contributed by atoms with Crippen molar-refractivity contribution in [2.75, 3.05) is 0 Å². The minimum atomic E-state index is -0.574. The van der Waals surface area contributed by atoms with Crippen molar-refractivity contribution in [3.8, 4) is 39.6 Å². The second kappa shape index (κ2) is 11.0. The summed E-state index contributed by atoms with van der Waals surface area (Å²) in [6.45, 7) is 4.77. The standard InChI is InChI=1S/C50H35N3/c1-49(2)37-22-10-11-23-39(37)50(40-24-12-14-27-46(40)53-45-26-13-9-20-35(45)36-21-15-25-41(50)47(36)53)42-30-34(28-29-38(42)49)44-31-43(32-16-5-3-6-17-32)51-48(52-44)33-18-7-4-8-19-33/h3-31H,1-2H3. The molecule has 1 atom stereocenters. The Morgan fingerprint density at radius 1 is 0.415 bits per heavy atom. The summed E-state index contributed by atoms with van der Waals surface area (Å²) in [4.78, 5) is 10.4. The van der Waals surface area contributed by atoms with Gasteiger partial charge in [0.15, 0.2) is 5.82 Å². The Labute approximate surface area is 308 Å². The average Bonchev–Trinajstić information content (AvgIpc) is 3.57. The lowest BCUT2D eigenvalue weighted by Gasteiger charge is -2.50. The molecule has 0 N–H and O–H groups in total. The molecule has 3 heterocycles. The molecule has 250 valence electrons. The number of nitrogens with zero attached hydrogens (tertiary/aromatic N) is 3. The van der Waals surface area contributed by atoms with Gasteiger partial charge in [-0.1, -0.05) is 166 Å². The summed E-state index contributed by atoms with van der Waals surface area (Å²) in [6, 6.07) is 64.1. The van der Waals surface area contributed by atoms with Gasteiger partial charge in [0.05, 0.1) is 33.5 Å². The van der Waals surface area contributed by atoms with Crippen LogP contribution in [0.5, 0.6) is 0 Å². The molecule has 9 aromatic rings. The Bertz CT molecular complexity index is 2860. The molecule has 1 aliphatic heterocycles. The van der Waals surface area contributed by atoms with E-state index < -0.39 is 5.41 Å². The third-order valence-corrected chi connectivity index (χ3v) is 11.9. The highest BCUT2D eigenvalue weighted by atomic mass is 15.0. The molecule has 1 aliphatic carbocycles. The van der Waals surface area contributed by atoms with E-state index in [4.69, 9.17) is 9.97 Å². The van der Waals surface area contributed by atoms with Crippen LogP contribution in [0.1, 0.15) is 47.2 Å². The number of para-hydroxylation sites is 3. The lowest BCUT2D eigenvalue weighted by molar-refractivity contribution is 0.556. The summed E-state index contributed by atoms with van der Waals surface area (Å²) in [5.74, 6) is 0.720. The van der Waals surface area contributed by atoms with Crippen molar-refractivity contribution in [2.45, 2.75) is 24.7 Å². The Balaban J connectivity index is 1.27. The van der Waals surface area contributed by atoms with E-state index in [0.29, 0.717) is 0 Å². The molecule has 0 amide bonds. The van der Waals surface area contributed by atoms with E-state index in [1.165, 1.54) is 60.9 Å². The Morgan fingerprint density at radius 2 is 1.00 bits per heavy atom. The van der Waals surface area contributed by atoms with Crippen molar-refractivity contribution >= 4 is 21.8 Å². The van der Waals surface area contributed by atoms with Crippen LogP contribution in [0.2, 0.25) is 0 Å². The number of benzene rings is 7. The first kappa shape index (κ1) is 30.1. The van der Waals surface area contributed by atoms with Gasteiger partial charge in [-0.05, 0) is 57.6 Å². The summed E-state index contributed by atoms with van der Waals surface area (Å²) >= 11 is 0. The largest absolute Gasteiger partial charge is 0.309 e. The van der Waals surface area contributed by atoms with Gasteiger partial charge >= 0.3 is 0 Å². The van der Waals surface area contributed by atoms with Crippen LogP contribution in [0, 0.1) is 0 Å². The van der Waals surface area contributed by atoms with E-state index >= 15 is 0 Å². The van der Waals surface area contributed by atoms with E-state index in [9.17, 15) is 0 Å². The molecular weight excluding hydrogens is 643 g/mol. The lowest BCUT2D eigenvalue weighted by Crippen LogP contribution is -2.44. The number of hydrogen-bond acceptors (Lipinski definition) is 2. The highest BCUT2D eigenvalue weighted by molar-refractivity contribution is 6.12. The summed E-state index contributed by atoms with van der Waals surface area (Å²) < 4.78 is 2.51. The van der Waals surface area contributed by atoms with Gasteiger partial charge in [0.2, 0.25) is 0 Å². The normalized spacial score (nSPS) is 16.3. The van der Waals surface area contributed by atoms with Crippen LogP contribution in [0.4, 0.5) is 0 Å². The van der Waals surface area contributed by atoms with Crippen LogP contribution < -0.4 is 0 Å². The Kier molecular flexibility index (Phi) is 6.22. The fourth-order valence-electron chi connectivity index (χ4n) is 9.55.